The number of methoxy groups -OCH3 is 1. The third kappa shape index (κ3) is 2.37. The van der Waals surface area contributed by atoms with Crippen molar-refractivity contribution in [1.82, 2.24) is 9.97 Å². The lowest BCUT2D eigenvalue weighted by Crippen LogP contribution is -1.98. The van der Waals surface area contributed by atoms with Gasteiger partial charge in [0, 0.05) is 24.4 Å². The average Bonchev–Trinajstić information content (AvgIpc) is 2.33. The largest absolute Gasteiger partial charge is 0.496 e. The van der Waals surface area contributed by atoms with Gasteiger partial charge >= 0.3 is 0 Å². The second-order valence-electron chi connectivity index (χ2n) is 3.67. The molecule has 1 heterocycles. The van der Waals surface area contributed by atoms with Crippen LogP contribution in [0, 0.1) is 6.92 Å². The summed E-state index contributed by atoms with van der Waals surface area (Å²) in [6.07, 6.45) is 4.36. The summed E-state index contributed by atoms with van der Waals surface area (Å²) in [6.45, 7) is 1.98. The minimum Gasteiger partial charge on any atom is -0.496 e. The molecule has 1 aromatic carbocycles. The van der Waals surface area contributed by atoms with Crippen molar-refractivity contribution in [1.29, 1.82) is 0 Å². The van der Waals surface area contributed by atoms with Crippen molar-refractivity contribution >= 4 is 0 Å². The first kappa shape index (κ1) is 10.6. The topological polar surface area (TPSA) is 35.0 Å². The maximum absolute atomic E-state index is 5.29. The Morgan fingerprint density at radius 1 is 1.12 bits per heavy atom. The molecule has 0 bridgehead atoms. The van der Waals surface area contributed by atoms with Gasteiger partial charge in [0.25, 0.3) is 0 Å². The van der Waals surface area contributed by atoms with Crippen molar-refractivity contribution in [3.05, 3.63) is 53.6 Å². The van der Waals surface area contributed by atoms with E-state index in [1.807, 2.05) is 43.6 Å². The van der Waals surface area contributed by atoms with Crippen LogP contribution in [-0.4, -0.2) is 17.1 Å². The van der Waals surface area contributed by atoms with Gasteiger partial charge in [-0.15, -0.1) is 0 Å². The van der Waals surface area contributed by atoms with E-state index in [-0.39, 0.29) is 0 Å². The predicted molar refractivity (Wildman–Crippen MR) is 62.6 cm³/mol. The summed E-state index contributed by atoms with van der Waals surface area (Å²) in [5.41, 5.74) is 2.18. The van der Waals surface area contributed by atoms with Gasteiger partial charge in [-0.1, -0.05) is 18.2 Å². The zero-order valence-electron chi connectivity index (χ0n) is 9.47. The van der Waals surface area contributed by atoms with E-state index >= 15 is 0 Å². The number of rotatable bonds is 3. The Bertz CT molecular complexity index is 466. The fraction of sp³-hybridized carbons (Fsp3) is 0.231. The Balaban J connectivity index is 2.23. The average molecular weight is 214 g/mol. The van der Waals surface area contributed by atoms with E-state index in [2.05, 4.69) is 9.97 Å². The van der Waals surface area contributed by atoms with Crippen LogP contribution in [-0.2, 0) is 6.42 Å². The van der Waals surface area contributed by atoms with Crippen LogP contribution in [0.25, 0.3) is 0 Å². The molecule has 0 fully saturated rings. The molecule has 0 spiro atoms. The lowest BCUT2D eigenvalue weighted by Gasteiger charge is -2.06. The van der Waals surface area contributed by atoms with Crippen molar-refractivity contribution in [2.45, 2.75) is 13.3 Å². The second kappa shape index (κ2) is 4.75. The van der Waals surface area contributed by atoms with Crippen molar-refractivity contribution in [3.63, 3.8) is 0 Å². The summed E-state index contributed by atoms with van der Waals surface area (Å²) in [7, 11) is 1.68. The number of ether oxygens (including phenoxy) is 1. The molecule has 0 aliphatic rings. The predicted octanol–water partition coefficient (Wildman–Crippen LogP) is 2.38. The Labute approximate surface area is 95.1 Å². The summed E-state index contributed by atoms with van der Waals surface area (Å²) >= 11 is 0. The first-order valence-electron chi connectivity index (χ1n) is 5.19. The molecule has 0 saturated carbocycles. The minimum atomic E-state index is 0.699. The molecule has 0 radical (unpaired) electrons. The van der Waals surface area contributed by atoms with E-state index in [1.165, 1.54) is 0 Å². The molecule has 0 amide bonds. The monoisotopic (exact) mass is 214 g/mol. The minimum absolute atomic E-state index is 0.699. The van der Waals surface area contributed by atoms with E-state index in [0.717, 1.165) is 22.7 Å². The molecule has 0 N–H and O–H groups in total. The number of aryl methyl sites for hydroxylation is 1. The molecule has 0 aliphatic carbocycles. The van der Waals surface area contributed by atoms with E-state index in [4.69, 9.17) is 4.74 Å². The molecular weight excluding hydrogens is 200 g/mol. The number of aromatic nitrogens is 2. The third-order valence-electron chi connectivity index (χ3n) is 2.38. The zero-order chi connectivity index (χ0) is 11.4. The summed E-state index contributed by atoms with van der Waals surface area (Å²) < 4.78 is 5.29. The van der Waals surface area contributed by atoms with Gasteiger partial charge in [-0.3, -0.25) is 0 Å². The molecule has 0 aliphatic heterocycles. The number of hydrogen-bond acceptors (Lipinski definition) is 3. The van der Waals surface area contributed by atoms with Gasteiger partial charge in [0.05, 0.1) is 7.11 Å². The van der Waals surface area contributed by atoms with Crippen LogP contribution < -0.4 is 4.74 Å². The summed E-state index contributed by atoms with van der Waals surface area (Å²) in [4.78, 5) is 8.56. The molecule has 2 aromatic rings. The highest BCUT2D eigenvalue weighted by atomic mass is 16.5. The van der Waals surface area contributed by atoms with Gasteiger partial charge in [-0.2, -0.15) is 0 Å². The van der Waals surface area contributed by atoms with E-state index in [9.17, 15) is 0 Å². The SMILES string of the molecule is COc1ccccc1Cc1ncc(C)cn1. The highest BCUT2D eigenvalue weighted by Crippen LogP contribution is 2.19. The zero-order valence-corrected chi connectivity index (χ0v) is 9.47. The first-order chi connectivity index (χ1) is 7.79. The number of para-hydroxylation sites is 1. The number of hydrogen-bond donors (Lipinski definition) is 0. The normalized spacial score (nSPS) is 10.1. The Morgan fingerprint density at radius 2 is 1.81 bits per heavy atom. The molecule has 16 heavy (non-hydrogen) atoms. The lowest BCUT2D eigenvalue weighted by atomic mass is 10.1. The number of nitrogens with zero attached hydrogens (tertiary/aromatic N) is 2. The van der Waals surface area contributed by atoms with Crippen LogP contribution in [0.5, 0.6) is 5.75 Å². The maximum Gasteiger partial charge on any atom is 0.132 e. The van der Waals surface area contributed by atoms with Gasteiger partial charge < -0.3 is 4.74 Å². The van der Waals surface area contributed by atoms with Gasteiger partial charge in [0.1, 0.15) is 11.6 Å². The second-order valence-corrected chi connectivity index (χ2v) is 3.67. The Morgan fingerprint density at radius 3 is 2.50 bits per heavy atom. The van der Waals surface area contributed by atoms with Crippen molar-refractivity contribution in [2.75, 3.05) is 7.11 Å². The Kier molecular flexibility index (Phi) is 3.15. The van der Waals surface area contributed by atoms with Gasteiger partial charge in [-0.05, 0) is 18.6 Å². The maximum atomic E-state index is 5.29. The molecular formula is C13H14N2O. The van der Waals surface area contributed by atoms with E-state index in [1.54, 1.807) is 7.11 Å². The molecule has 2 rings (SSSR count). The van der Waals surface area contributed by atoms with Gasteiger partial charge in [-0.25, -0.2) is 9.97 Å². The van der Waals surface area contributed by atoms with Gasteiger partial charge in [0.2, 0.25) is 0 Å². The smallest absolute Gasteiger partial charge is 0.132 e. The van der Waals surface area contributed by atoms with Crippen LogP contribution in [0.3, 0.4) is 0 Å². The van der Waals surface area contributed by atoms with Crippen LogP contribution in [0.1, 0.15) is 17.0 Å². The van der Waals surface area contributed by atoms with Crippen LogP contribution in [0.2, 0.25) is 0 Å². The van der Waals surface area contributed by atoms with E-state index in [0.29, 0.717) is 6.42 Å². The summed E-state index contributed by atoms with van der Waals surface area (Å²) in [5.74, 6) is 1.70. The molecule has 3 heteroatoms. The quantitative estimate of drug-likeness (QED) is 0.786. The van der Waals surface area contributed by atoms with Crippen LogP contribution in [0.15, 0.2) is 36.7 Å². The fourth-order valence-electron chi connectivity index (χ4n) is 1.53. The summed E-state index contributed by atoms with van der Waals surface area (Å²) in [5, 5.41) is 0. The molecule has 0 saturated heterocycles. The molecule has 1 aromatic heterocycles. The molecule has 0 atom stereocenters. The Hall–Kier alpha value is -1.90. The molecule has 82 valence electrons. The molecule has 3 nitrogen and oxygen atoms in total. The lowest BCUT2D eigenvalue weighted by molar-refractivity contribution is 0.410. The first-order valence-corrected chi connectivity index (χ1v) is 5.19. The fourth-order valence-corrected chi connectivity index (χ4v) is 1.53. The highest BCUT2D eigenvalue weighted by Gasteiger charge is 2.04. The standard InChI is InChI=1S/C13H14N2O/c1-10-8-14-13(15-9-10)7-11-5-3-4-6-12(11)16-2/h3-6,8-9H,7H2,1-2H3. The van der Waals surface area contributed by atoms with Crippen molar-refractivity contribution in [2.24, 2.45) is 0 Å². The van der Waals surface area contributed by atoms with Crippen LogP contribution >= 0.6 is 0 Å². The van der Waals surface area contributed by atoms with Crippen molar-refractivity contribution < 1.29 is 4.74 Å². The highest BCUT2D eigenvalue weighted by molar-refractivity contribution is 5.35. The third-order valence-corrected chi connectivity index (χ3v) is 2.38. The molecule has 0 unspecified atom stereocenters. The van der Waals surface area contributed by atoms with Gasteiger partial charge in [0.15, 0.2) is 0 Å². The number of benzene rings is 1. The van der Waals surface area contributed by atoms with Crippen LogP contribution in [0.4, 0.5) is 0 Å². The van der Waals surface area contributed by atoms with Crippen molar-refractivity contribution in [3.8, 4) is 5.75 Å². The summed E-state index contributed by atoms with van der Waals surface area (Å²) in [6, 6.07) is 7.93. The van der Waals surface area contributed by atoms with E-state index < -0.39 is 0 Å².